The molecule has 2 rings (SSSR count). The van der Waals surface area contributed by atoms with Gasteiger partial charge in [-0.05, 0) is 60.3 Å². The zero-order chi connectivity index (χ0) is 22.0. The van der Waals surface area contributed by atoms with E-state index in [0.717, 1.165) is 12.8 Å². The van der Waals surface area contributed by atoms with Crippen LogP contribution in [0.15, 0.2) is 23.5 Å². The average Bonchev–Trinajstić information content (AvgIpc) is 2.70. The van der Waals surface area contributed by atoms with Crippen molar-refractivity contribution in [2.24, 2.45) is 0 Å². The fourth-order valence-corrected chi connectivity index (χ4v) is 4.52. The van der Waals surface area contributed by atoms with Crippen LogP contribution in [-0.2, 0) is 18.3 Å². The number of rotatable bonds is 13. The van der Waals surface area contributed by atoms with E-state index in [4.69, 9.17) is 4.74 Å². The highest BCUT2D eigenvalue weighted by Crippen LogP contribution is 2.39. The Balaban J connectivity index is 2.08. The molecule has 1 aliphatic rings. The van der Waals surface area contributed by atoms with Crippen molar-refractivity contribution in [1.82, 2.24) is 0 Å². The summed E-state index contributed by atoms with van der Waals surface area (Å²) < 4.78 is 6.50. The van der Waals surface area contributed by atoms with Crippen molar-refractivity contribution in [3.8, 4) is 5.75 Å². The minimum Gasteiger partial charge on any atom is -0.461 e. The van der Waals surface area contributed by atoms with Crippen molar-refractivity contribution in [1.29, 1.82) is 0 Å². The van der Waals surface area contributed by atoms with Crippen LogP contribution in [-0.4, -0.2) is 0 Å². The topological polar surface area (TPSA) is 9.23 Å². The first-order valence-corrected chi connectivity index (χ1v) is 12.9. The molecule has 1 heterocycles. The molecule has 170 valence electrons. The van der Waals surface area contributed by atoms with E-state index < -0.39 is 0 Å². The zero-order valence-corrected chi connectivity index (χ0v) is 21.0. The summed E-state index contributed by atoms with van der Waals surface area (Å²) in [6, 6.07) is 4.87. The van der Waals surface area contributed by atoms with Gasteiger partial charge in [-0.1, -0.05) is 105 Å². The van der Waals surface area contributed by atoms with E-state index >= 15 is 0 Å². The van der Waals surface area contributed by atoms with E-state index in [0.29, 0.717) is 0 Å². The molecule has 30 heavy (non-hydrogen) atoms. The number of hydrogen-bond donors (Lipinski definition) is 0. The van der Waals surface area contributed by atoms with E-state index in [9.17, 15) is 0 Å². The molecule has 0 atom stereocenters. The van der Waals surface area contributed by atoms with Crippen molar-refractivity contribution in [2.75, 3.05) is 0 Å². The molecule has 0 aromatic heterocycles. The molecule has 0 aliphatic carbocycles. The molecular formula is C29H48O. The monoisotopic (exact) mass is 412 g/mol. The Labute approximate surface area is 187 Å². The first-order chi connectivity index (χ1) is 14.4. The molecular weight excluding hydrogens is 364 g/mol. The van der Waals surface area contributed by atoms with Gasteiger partial charge in [-0.15, -0.1) is 0 Å². The van der Waals surface area contributed by atoms with Gasteiger partial charge in [0.1, 0.15) is 11.5 Å². The molecule has 1 aromatic rings. The van der Waals surface area contributed by atoms with Crippen LogP contribution in [0.1, 0.15) is 135 Å². The summed E-state index contributed by atoms with van der Waals surface area (Å²) in [6.45, 7) is 13.8. The van der Waals surface area contributed by atoms with Gasteiger partial charge in [0, 0.05) is 6.42 Å². The fraction of sp³-hybridized carbons (Fsp3) is 0.724. The molecule has 0 bridgehead atoms. The second-order valence-electron chi connectivity index (χ2n) is 10.5. The fourth-order valence-electron chi connectivity index (χ4n) is 4.52. The Morgan fingerprint density at radius 1 is 0.767 bits per heavy atom. The summed E-state index contributed by atoms with van der Waals surface area (Å²) in [5.74, 6) is 2.36. The summed E-state index contributed by atoms with van der Waals surface area (Å²) in [5, 5.41) is 0. The van der Waals surface area contributed by atoms with E-state index in [2.05, 4.69) is 53.7 Å². The Morgan fingerprint density at radius 3 is 1.93 bits per heavy atom. The Kier molecular flexibility index (Phi) is 10.5. The summed E-state index contributed by atoms with van der Waals surface area (Å²) >= 11 is 0. The van der Waals surface area contributed by atoms with E-state index in [1.54, 1.807) is 0 Å². The zero-order valence-electron chi connectivity index (χ0n) is 21.0. The molecule has 1 aromatic carbocycles. The molecule has 1 nitrogen and oxygen atoms in total. The van der Waals surface area contributed by atoms with E-state index in [1.807, 2.05) is 0 Å². The van der Waals surface area contributed by atoms with Gasteiger partial charge in [-0.3, -0.25) is 0 Å². The number of aryl methyl sites for hydroxylation is 1. The van der Waals surface area contributed by atoms with Crippen LogP contribution < -0.4 is 4.74 Å². The Bertz CT molecular complexity index is 674. The maximum Gasteiger partial charge on any atom is 0.133 e. The summed E-state index contributed by atoms with van der Waals surface area (Å²) in [7, 11) is 0. The predicted molar refractivity (Wildman–Crippen MR) is 133 cm³/mol. The van der Waals surface area contributed by atoms with Crippen molar-refractivity contribution in [2.45, 2.75) is 137 Å². The van der Waals surface area contributed by atoms with Crippen LogP contribution in [0.25, 0.3) is 0 Å². The molecule has 0 spiro atoms. The molecule has 0 radical (unpaired) electrons. The van der Waals surface area contributed by atoms with Gasteiger partial charge in [0.2, 0.25) is 0 Å². The van der Waals surface area contributed by atoms with Crippen molar-refractivity contribution in [3.05, 3.63) is 40.2 Å². The standard InChI is InChI=1S/C29H48O/c1-7-9-11-13-15-16-18-24-20-26-22-27(29(4,5)6)21-25(28(26)30-23(24)3)19-17-14-12-10-8-2/h21-22H,7-20H2,1-6H3. The number of unbranched alkanes of at least 4 members (excludes halogenated alkanes) is 9. The minimum absolute atomic E-state index is 0.182. The first kappa shape index (κ1) is 25.0. The normalized spacial score (nSPS) is 14.1. The van der Waals surface area contributed by atoms with E-state index in [1.165, 1.54) is 111 Å². The number of hydrogen-bond acceptors (Lipinski definition) is 1. The second kappa shape index (κ2) is 12.6. The molecule has 1 aliphatic heterocycles. The maximum atomic E-state index is 6.50. The third-order valence-corrected chi connectivity index (χ3v) is 6.65. The molecule has 0 fully saturated rings. The molecule has 0 unspecified atom stereocenters. The van der Waals surface area contributed by atoms with Gasteiger partial charge in [-0.2, -0.15) is 0 Å². The van der Waals surface area contributed by atoms with Crippen molar-refractivity contribution >= 4 is 0 Å². The van der Waals surface area contributed by atoms with E-state index in [-0.39, 0.29) is 5.41 Å². The smallest absolute Gasteiger partial charge is 0.133 e. The molecule has 0 N–H and O–H groups in total. The Morgan fingerprint density at radius 2 is 1.33 bits per heavy atom. The number of ether oxygens (including phenoxy) is 1. The van der Waals surface area contributed by atoms with Gasteiger partial charge in [0.15, 0.2) is 0 Å². The van der Waals surface area contributed by atoms with Gasteiger partial charge >= 0.3 is 0 Å². The van der Waals surface area contributed by atoms with Crippen LogP contribution in [0, 0.1) is 0 Å². The lowest BCUT2D eigenvalue weighted by atomic mass is 9.82. The average molecular weight is 413 g/mol. The van der Waals surface area contributed by atoms with Crippen molar-refractivity contribution in [3.63, 3.8) is 0 Å². The second-order valence-corrected chi connectivity index (χ2v) is 10.5. The minimum atomic E-state index is 0.182. The third kappa shape index (κ3) is 7.78. The SMILES string of the molecule is CCCCCCCCC1=C(C)Oc2c(CCCCCCC)cc(C(C)(C)C)cc2C1. The highest BCUT2D eigenvalue weighted by Gasteiger charge is 2.24. The lowest BCUT2D eigenvalue weighted by Gasteiger charge is -2.28. The summed E-state index contributed by atoms with van der Waals surface area (Å²) in [4.78, 5) is 0. The molecule has 0 saturated carbocycles. The summed E-state index contributed by atoms with van der Waals surface area (Å²) in [5.41, 5.74) is 6.04. The third-order valence-electron chi connectivity index (χ3n) is 6.65. The predicted octanol–water partition coefficient (Wildman–Crippen LogP) is 9.46. The van der Waals surface area contributed by atoms with Crippen LogP contribution in [0.5, 0.6) is 5.75 Å². The molecule has 0 amide bonds. The maximum absolute atomic E-state index is 6.50. The van der Waals surface area contributed by atoms with Crippen LogP contribution in [0.4, 0.5) is 0 Å². The van der Waals surface area contributed by atoms with Crippen LogP contribution >= 0.6 is 0 Å². The van der Waals surface area contributed by atoms with Gasteiger partial charge in [0.25, 0.3) is 0 Å². The van der Waals surface area contributed by atoms with Gasteiger partial charge < -0.3 is 4.74 Å². The highest BCUT2D eigenvalue weighted by atomic mass is 16.5. The largest absolute Gasteiger partial charge is 0.461 e. The highest BCUT2D eigenvalue weighted by molar-refractivity contribution is 5.51. The van der Waals surface area contributed by atoms with Crippen molar-refractivity contribution < 1.29 is 4.74 Å². The first-order valence-electron chi connectivity index (χ1n) is 12.9. The van der Waals surface area contributed by atoms with Crippen LogP contribution in [0.3, 0.4) is 0 Å². The molecule has 0 saturated heterocycles. The van der Waals surface area contributed by atoms with Gasteiger partial charge in [0.05, 0.1) is 0 Å². The van der Waals surface area contributed by atoms with Crippen LogP contribution in [0.2, 0.25) is 0 Å². The molecule has 1 heteroatoms. The number of benzene rings is 1. The summed E-state index contributed by atoms with van der Waals surface area (Å²) in [6.07, 6.45) is 18.2. The Hall–Kier alpha value is -1.24. The number of allylic oxidation sites excluding steroid dienone is 2. The lowest BCUT2D eigenvalue weighted by Crippen LogP contribution is -2.16. The number of fused-ring (bicyclic) bond motifs is 1. The quantitative estimate of drug-likeness (QED) is 0.293. The van der Waals surface area contributed by atoms with Gasteiger partial charge in [-0.25, -0.2) is 0 Å². The lowest BCUT2D eigenvalue weighted by molar-refractivity contribution is 0.391.